The number of hydrogen-bond acceptors (Lipinski definition) is 2. The molecule has 100 valence electrons. The molecule has 1 unspecified atom stereocenters. The first kappa shape index (κ1) is 14.8. The number of rotatable bonds is 4. The van der Waals surface area contributed by atoms with Gasteiger partial charge in [0.2, 0.25) is 0 Å². The standard InChI is InChI=1S/C11H11BrF3NO2/c1-2-9(10(17)18)16-8-4-6(11(13,14)15)3-7(12)5-8/h3-5,9,16H,2H2,1H3,(H,17,18). The largest absolute Gasteiger partial charge is 0.480 e. The predicted octanol–water partition coefficient (Wildman–Crippen LogP) is 3.74. The zero-order chi connectivity index (χ0) is 13.9. The van der Waals surface area contributed by atoms with Gasteiger partial charge in [0.15, 0.2) is 0 Å². The highest BCUT2D eigenvalue weighted by atomic mass is 79.9. The quantitative estimate of drug-likeness (QED) is 0.886. The van der Waals surface area contributed by atoms with Crippen molar-refractivity contribution < 1.29 is 23.1 Å². The summed E-state index contributed by atoms with van der Waals surface area (Å²) in [5.74, 6) is -1.11. The number of nitrogens with one attached hydrogen (secondary N) is 1. The minimum atomic E-state index is -4.47. The maximum absolute atomic E-state index is 12.6. The highest BCUT2D eigenvalue weighted by Gasteiger charge is 2.31. The Hall–Kier alpha value is -1.24. The summed E-state index contributed by atoms with van der Waals surface area (Å²) in [5, 5.41) is 11.4. The van der Waals surface area contributed by atoms with Crippen molar-refractivity contribution in [3.63, 3.8) is 0 Å². The van der Waals surface area contributed by atoms with Gasteiger partial charge in [0.05, 0.1) is 5.56 Å². The first-order valence-corrected chi connectivity index (χ1v) is 5.90. The van der Waals surface area contributed by atoms with Crippen LogP contribution < -0.4 is 5.32 Å². The van der Waals surface area contributed by atoms with Crippen LogP contribution in [-0.4, -0.2) is 17.1 Å². The fourth-order valence-corrected chi connectivity index (χ4v) is 1.87. The molecule has 0 aliphatic rings. The summed E-state index contributed by atoms with van der Waals surface area (Å²) >= 11 is 2.97. The van der Waals surface area contributed by atoms with Gasteiger partial charge in [-0.05, 0) is 24.6 Å². The smallest absolute Gasteiger partial charge is 0.416 e. The molecule has 0 aromatic heterocycles. The van der Waals surface area contributed by atoms with Crippen molar-refractivity contribution in [3.05, 3.63) is 28.2 Å². The molecule has 1 aromatic rings. The molecule has 0 saturated carbocycles. The van der Waals surface area contributed by atoms with Crippen molar-refractivity contribution in [2.45, 2.75) is 25.6 Å². The van der Waals surface area contributed by atoms with Crippen LogP contribution in [0.4, 0.5) is 18.9 Å². The molecule has 0 radical (unpaired) electrons. The van der Waals surface area contributed by atoms with E-state index in [9.17, 15) is 18.0 Å². The molecule has 1 atom stereocenters. The third-order valence-corrected chi connectivity index (χ3v) is 2.73. The van der Waals surface area contributed by atoms with E-state index in [0.29, 0.717) is 0 Å². The third-order valence-electron chi connectivity index (χ3n) is 2.27. The summed E-state index contributed by atoms with van der Waals surface area (Å²) in [6.07, 6.45) is -4.20. The van der Waals surface area contributed by atoms with Gasteiger partial charge in [-0.15, -0.1) is 0 Å². The lowest BCUT2D eigenvalue weighted by molar-refractivity contribution is -0.138. The predicted molar refractivity (Wildman–Crippen MR) is 64.5 cm³/mol. The molecule has 0 aliphatic carbocycles. The Labute approximate surface area is 110 Å². The van der Waals surface area contributed by atoms with E-state index in [1.807, 2.05) is 0 Å². The number of hydrogen-bond donors (Lipinski definition) is 2. The van der Waals surface area contributed by atoms with Crippen molar-refractivity contribution in [1.29, 1.82) is 0 Å². The lowest BCUT2D eigenvalue weighted by atomic mass is 10.1. The summed E-state index contributed by atoms with van der Waals surface area (Å²) in [6, 6.07) is 2.31. The highest BCUT2D eigenvalue weighted by Crippen LogP contribution is 2.33. The molecular weight excluding hydrogens is 315 g/mol. The first-order chi connectivity index (χ1) is 8.24. The number of anilines is 1. The number of alkyl halides is 3. The van der Waals surface area contributed by atoms with E-state index in [4.69, 9.17) is 5.11 Å². The molecule has 0 fully saturated rings. The van der Waals surface area contributed by atoms with E-state index < -0.39 is 23.8 Å². The number of carboxylic acid groups (broad SMARTS) is 1. The SMILES string of the molecule is CCC(Nc1cc(Br)cc(C(F)(F)F)c1)C(=O)O. The number of aliphatic carboxylic acids is 1. The van der Waals surface area contributed by atoms with E-state index in [1.54, 1.807) is 6.92 Å². The summed E-state index contributed by atoms with van der Waals surface area (Å²) < 4.78 is 37.9. The van der Waals surface area contributed by atoms with Gasteiger partial charge >= 0.3 is 12.1 Å². The Kier molecular flexibility index (Phi) is 4.61. The fourth-order valence-electron chi connectivity index (χ4n) is 1.38. The third kappa shape index (κ3) is 3.90. The van der Waals surface area contributed by atoms with Crippen LogP contribution in [0.5, 0.6) is 0 Å². The molecule has 7 heteroatoms. The van der Waals surface area contributed by atoms with E-state index in [0.717, 1.165) is 12.1 Å². The van der Waals surface area contributed by atoms with Crippen molar-refractivity contribution in [1.82, 2.24) is 0 Å². The van der Waals surface area contributed by atoms with Crippen LogP contribution in [0.15, 0.2) is 22.7 Å². The van der Waals surface area contributed by atoms with Crippen LogP contribution in [-0.2, 0) is 11.0 Å². The van der Waals surface area contributed by atoms with Gasteiger partial charge in [0, 0.05) is 10.2 Å². The topological polar surface area (TPSA) is 49.3 Å². The minimum absolute atomic E-state index is 0.117. The summed E-state index contributed by atoms with van der Waals surface area (Å²) in [4.78, 5) is 10.8. The lowest BCUT2D eigenvalue weighted by Crippen LogP contribution is -2.28. The minimum Gasteiger partial charge on any atom is -0.480 e. The van der Waals surface area contributed by atoms with Crippen LogP contribution in [0, 0.1) is 0 Å². The molecule has 1 rings (SSSR count). The lowest BCUT2D eigenvalue weighted by Gasteiger charge is -2.16. The first-order valence-electron chi connectivity index (χ1n) is 5.11. The number of carboxylic acids is 1. The molecule has 2 N–H and O–H groups in total. The molecule has 0 amide bonds. The second-order valence-electron chi connectivity index (χ2n) is 3.67. The Morgan fingerprint density at radius 3 is 2.50 bits per heavy atom. The maximum atomic E-state index is 12.6. The normalized spacial score (nSPS) is 13.2. The van der Waals surface area contributed by atoms with Gasteiger partial charge < -0.3 is 10.4 Å². The van der Waals surface area contributed by atoms with Crippen LogP contribution >= 0.6 is 15.9 Å². The van der Waals surface area contributed by atoms with E-state index in [1.165, 1.54) is 6.07 Å². The zero-order valence-electron chi connectivity index (χ0n) is 9.38. The van der Waals surface area contributed by atoms with Crippen molar-refractivity contribution in [2.24, 2.45) is 0 Å². The van der Waals surface area contributed by atoms with E-state index >= 15 is 0 Å². The van der Waals surface area contributed by atoms with Gasteiger partial charge in [-0.1, -0.05) is 22.9 Å². The van der Waals surface area contributed by atoms with Crippen molar-refractivity contribution in [3.8, 4) is 0 Å². The molecule has 0 spiro atoms. The second-order valence-corrected chi connectivity index (χ2v) is 4.59. The fraction of sp³-hybridized carbons (Fsp3) is 0.364. The molecule has 0 bridgehead atoms. The molecule has 0 saturated heterocycles. The molecule has 0 aliphatic heterocycles. The molecular formula is C11H11BrF3NO2. The van der Waals surface area contributed by atoms with Crippen LogP contribution in [0.3, 0.4) is 0 Å². The van der Waals surface area contributed by atoms with Crippen molar-refractivity contribution >= 4 is 27.6 Å². The highest BCUT2D eigenvalue weighted by molar-refractivity contribution is 9.10. The maximum Gasteiger partial charge on any atom is 0.416 e. The second kappa shape index (κ2) is 5.60. The monoisotopic (exact) mass is 325 g/mol. The summed E-state index contributed by atoms with van der Waals surface area (Å²) in [5.41, 5.74) is -0.717. The molecule has 3 nitrogen and oxygen atoms in total. The molecule has 18 heavy (non-hydrogen) atoms. The average Bonchev–Trinajstić information content (AvgIpc) is 2.23. The van der Waals surface area contributed by atoms with Crippen molar-refractivity contribution in [2.75, 3.05) is 5.32 Å². The number of benzene rings is 1. The van der Waals surface area contributed by atoms with Gasteiger partial charge in [-0.3, -0.25) is 0 Å². The summed E-state index contributed by atoms with van der Waals surface area (Å²) in [6.45, 7) is 1.63. The van der Waals surface area contributed by atoms with E-state index in [2.05, 4.69) is 21.2 Å². The zero-order valence-corrected chi connectivity index (χ0v) is 11.0. The Morgan fingerprint density at radius 2 is 2.06 bits per heavy atom. The Balaban J connectivity index is 3.03. The Bertz CT molecular complexity index is 448. The van der Waals surface area contributed by atoms with Gasteiger partial charge in [0.25, 0.3) is 0 Å². The average molecular weight is 326 g/mol. The van der Waals surface area contributed by atoms with Gasteiger partial charge in [-0.2, -0.15) is 13.2 Å². The summed E-state index contributed by atoms with van der Waals surface area (Å²) in [7, 11) is 0. The van der Waals surface area contributed by atoms with Crippen LogP contribution in [0.2, 0.25) is 0 Å². The molecule has 0 heterocycles. The number of halogens is 4. The van der Waals surface area contributed by atoms with Crippen LogP contribution in [0.25, 0.3) is 0 Å². The number of carbonyl (C=O) groups is 1. The van der Waals surface area contributed by atoms with E-state index in [-0.39, 0.29) is 16.6 Å². The Morgan fingerprint density at radius 1 is 1.44 bits per heavy atom. The van der Waals surface area contributed by atoms with Crippen LogP contribution in [0.1, 0.15) is 18.9 Å². The molecule has 1 aromatic carbocycles. The van der Waals surface area contributed by atoms with Gasteiger partial charge in [-0.25, -0.2) is 4.79 Å². The van der Waals surface area contributed by atoms with Gasteiger partial charge in [0.1, 0.15) is 6.04 Å².